The molecule has 0 aliphatic heterocycles. The molecule has 2 heterocycles. The maximum absolute atomic E-state index is 11.4. The summed E-state index contributed by atoms with van der Waals surface area (Å²) in [5.74, 6) is 0.601. The lowest BCUT2D eigenvalue weighted by atomic mass is 10.3. The zero-order valence-electron chi connectivity index (χ0n) is 7.98. The minimum atomic E-state index is -0.245. The van der Waals surface area contributed by atoms with Crippen LogP contribution in [0.15, 0.2) is 11.1 Å². The summed E-state index contributed by atoms with van der Waals surface area (Å²) < 4.78 is 1.48. The van der Waals surface area contributed by atoms with Crippen LogP contribution in [0.3, 0.4) is 0 Å². The van der Waals surface area contributed by atoms with Gasteiger partial charge in [0.25, 0.3) is 5.56 Å². The van der Waals surface area contributed by atoms with Crippen LogP contribution in [0.4, 0.5) is 0 Å². The topological polar surface area (TPSA) is 89.1 Å². The summed E-state index contributed by atoms with van der Waals surface area (Å²) in [6.07, 6.45) is 1.34. The maximum atomic E-state index is 11.4. The van der Waals surface area contributed by atoms with Crippen molar-refractivity contribution >= 4 is 5.52 Å². The van der Waals surface area contributed by atoms with Gasteiger partial charge in [-0.25, -0.2) is 9.50 Å². The second kappa shape index (κ2) is 2.91. The van der Waals surface area contributed by atoms with Crippen molar-refractivity contribution < 1.29 is 0 Å². The molecular formula is C8H11N5O. The van der Waals surface area contributed by atoms with Crippen LogP contribution in [-0.4, -0.2) is 19.6 Å². The van der Waals surface area contributed by atoms with Crippen molar-refractivity contribution in [2.75, 3.05) is 0 Å². The Kier molecular flexibility index (Phi) is 1.85. The Morgan fingerprint density at radius 2 is 2.36 bits per heavy atom. The van der Waals surface area contributed by atoms with Gasteiger partial charge in [-0.3, -0.25) is 4.79 Å². The molecule has 0 saturated heterocycles. The number of nitrogens with zero attached hydrogens (tertiary/aromatic N) is 3. The van der Waals surface area contributed by atoms with Gasteiger partial charge in [0.15, 0.2) is 5.52 Å². The molecule has 0 spiro atoms. The molecule has 0 aliphatic rings. The van der Waals surface area contributed by atoms with Gasteiger partial charge in [-0.05, 0) is 13.8 Å². The molecule has 0 aliphatic carbocycles. The van der Waals surface area contributed by atoms with E-state index in [2.05, 4.69) is 15.1 Å². The first-order valence-corrected chi connectivity index (χ1v) is 4.29. The van der Waals surface area contributed by atoms with Crippen LogP contribution in [-0.2, 0) is 0 Å². The normalized spacial score (nSPS) is 13.4. The number of nitrogens with one attached hydrogen (secondary N) is 1. The molecule has 0 bridgehead atoms. The standard InChI is InChI=1S/C8H11N5O/c1-4(9)7-12-5(2)6-8(14)10-3-11-13(6)7/h3-4H,9H2,1-2H3,(H,10,11,14)/t4-/m0/s1. The van der Waals surface area contributed by atoms with Crippen molar-refractivity contribution in [3.8, 4) is 0 Å². The van der Waals surface area contributed by atoms with Crippen molar-refractivity contribution in [2.24, 2.45) is 5.73 Å². The zero-order chi connectivity index (χ0) is 10.3. The van der Waals surface area contributed by atoms with E-state index in [1.54, 1.807) is 13.8 Å². The minimum absolute atomic E-state index is 0.197. The molecule has 6 nitrogen and oxygen atoms in total. The van der Waals surface area contributed by atoms with Crippen molar-refractivity contribution in [3.63, 3.8) is 0 Å². The number of aromatic nitrogens is 4. The summed E-state index contributed by atoms with van der Waals surface area (Å²) in [4.78, 5) is 18.1. The molecule has 0 unspecified atom stereocenters. The van der Waals surface area contributed by atoms with Gasteiger partial charge in [0.05, 0.1) is 11.7 Å². The van der Waals surface area contributed by atoms with Gasteiger partial charge in [0.1, 0.15) is 12.2 Å². The van der Waals surface area contributed by atoms with E-state index in [4.69, 9.17) is 5.73 Å². The van der Waals surface area contributed by atoms with Crippen molar-refractivity contribution in [1.82, 2.24) is 19.6 Å². The number of hydrogen-bond acceptors (Lipinski definition) is 4. The smallest absolute Gasteiger partial charge is 0.277 e. The number of aromatic amines is 1. The highest BCUT2D eigenvalue weighted by Crippen LogP contribution is 2.10. The third kappa shape index (κ3) is 1.12. The summed E-state index contributed by atoms with van der Waals surface area (Å²) in [5, 5.41) is 4.00. The number of aryl methyl sites for hydroxylation is 1. The summed E-state index contributed by atoms with van der Waals surface area (Å²) in [6, 6.07) is -0.245. The van der Waals surface area contributed by atoms with E-state index >= 15 is 0 Å². The van der Waals surface area contributed by atoms with Crippen LogP contribution < -0.4 is 11.3 Å². The molecule has 0 radical (unpaired) electrons. The zero-order valence-corrected chi connectivity index (χ0v) is 7.98. The molecule has 0 amide bonds. The summed E-state index contributed by atoms with van der Waals surface area (Å²) >= 11 is 0. The molecule has 2 aromatic heterocycles. The number of nitrogens with two attached hydrogens (primary N) is 1. The molecular weight excluding hydrogens is 182 g/mol. The van der Waals surface area contributed by atoms with Crippen molar-refractivity contribution in [2.45, 2.75) is 19.9 Å². The van der Waals surface area contributed by atoms with Gasteiger partial charge >= 0.3 is 0 Å². The first kappa shape index (κ1) is 8.89. The minimum Gasteiger partial charge on any atom is -0.322 e. The molecule has 2 aromatic rings. The second-order valence-corrected chi connectivity index (χ2v) is 3.22. The Hall–Kier alpha value is -1.69. The Balaban J connectivity index is 2.91. The molecule has 0 saturated carbocycles. The predicted molar refractivity (Wildman–Crippen MR) is 50.9 cm³/mol. The van der Waals surface area contributed by atoms with E-state index in [1.165, 1.54) is 10.8 Å². The molecule has 1 atom stereocenters. The first-order chi connectivity index (χ1) is 6.61. The van der Waals surface area contributed by atoms with Crippen LogP contribution >= 0.6 is 0 Å². The fourth-order valence-corrected chi connectivity index (χ4v) is 1.43. The summed E-state index contributed by atoms with van der Waals surface area (Å²) in [5.41, 5.74) is 6.61. The fraction of sp³-hybridized carbons (Fsp3) is 0.375. The molecule has 0 fully saturated rings. The second-order valence-electron chi connectivity index (χ2n) is 3.22. The SMILES string of the molecule is Cc1nc([C@H](C)N)n2nc[nH]c(=O)c12. The van der Waals surface area contributed by atoms with E-state index in [0.717, 1.165) is 0 Å². The average molecular weight is 193 g/mol. The number of rotatable bonds is 1. The molecule has 3 N–H and O–H groups in total. The van der Waals surface area contributed by atoms with Gasteiger partial charge in [-0.2, -0.15) is 5.10 Å². The van der Waals surface area contributed by atoms with Crippen LogP contribution in [0.2, 0.25) is 0 Å². The average Bonchev–Trinajstić information content (AvgIpc) is 2.45. The first-order valence-electron chi connectivity index (χ1n) is 4.29. The van der Waals surface area contributed by atoms with E-state index in [1.807, 2.05) is 0 Å². The third-order valence-corrected chi connectivity index (χ3v) is 2.04. The molecule has 0 aromatic carbocycles. The van der Waals surface area contributed by atoms with Crippen LogP contribution in [0.25, 0.3) is 5.52 Å². The third-order valence-electron chi connectivity index (χ3n) is 2.04. The monoisotopic (exact) mass is 193 g/mol. The van der Waals surface area contributed by atoms with Crippen LogP contribution in [0.5, 0.6) is 0 Å². The van der Waals surface area contributed by atoms with Gasteiger partial charge in [0.2, 0.25) is 0 Å². The summed E-state index contributed by atoms with van der Waals surface area (Å²) in [6.45, 7) is 3.56. The van der Waals surface area contributed by atoms with Crippen LogP contribution in [0.1, 0.15) is 24.5 Å². The largest absolute Gasteiger partial charge is 0.322 e. The molecule has 6 heteroatoms. The predicted octanol–water partition coefficient (Wildman–Crippen LogP) is -0.254. The highest BCUT2D eigenvalue weighted by atomic mass is 16.1. The van der Waals surface area contributed by atoms with E-state index in [-0.39, 0.29) is 11.6 Å². The van der Waals surface area contributed by atoms with Gasteiger partial charge < -0.3 is 10.7 Å². The molecule has 14 heavy (non-hydrogen) atoms. The number of hydrogen-bond donors (Lipinski definition) is 2. The lowest BCUT2D eigenvalue weighted by Gasteiger charge is -2.01. The quantitative estimate of drug-likeness (QED) is 0.653. The van der Waals surface area contributed by atoms with Crippen molar-refractivity contribution in [1.29, 1.82) is 0 Å². The van der Waals surface area contributed by atoms with E-state index < -0.39 is 0 Å². The van der Waals surface area contributed by atoms with Gasteiger partial charge in [-0.1, -0.05) is 0 Å². The van der Waals surface area contributed by atoms with E-state index in [0.29, 0.717) is 17.0 Å². The lowest BCUT2D eigenvalue weighted by molar-refractivity contribution is 0.693. The molecule has 74 valence electrons. The molecule has 2 rings (SSSR count). The Morgan fingerprint density at radius 3 is 3.00 bits per heavy atom. The fourth-order valence-electron chi connectivity index (χ4n) is 1.43. The van der Waals surface area contributed by atoms with Crippen LogP contribution in [0, 0.1) is 6.92 Å². The number of fused-ring (bicyclic) bond motifs is 1. The maximum Gasteiger partial charge on any atom is 0.277 e. The summed E-state index contributed by atoms with van der Waals surface area (Å²) in [7, 11) is 0. The lowest BCUT2D eigenvalue weighted by Crippen LogP contribution is -2.15. The van der Waals surface area contributed by atoms with Crippen molar-refractivity contribution in [3.05, 3.63) is 28.2 Å². The highest BCUT2D eigenvalue weighted by Gasteiger charge is 2.14. The Labute approximate surface area is 79.8 Å². The van der Waals surface area contributed by atoms with Gasteiger partial charge in [0, 0.05) is 0 Å². The number of imidazole rings is 1. The Bertz CT molecular complexity index is 524. The van der Waals surface area contributed by atoms with Gasteiger partial charge in [-0.15, -0.1) is 0 Å². The Morgan fingerprint density at radius 1 is 1.64 bits per heavy atom. The highest BCUT2D eigenvalue weighted by molar-refractivity contribution is 5.49. The van der Waals surface area contributed by atoms with E-state index in [9.17, 15) is 4.79 Å². The number of H-pyrrole nitrogens is 1.